The van der Waals surface area contributed by atoms with Crippen molar-refractivity contribution >= 4 is 23.3 Å². The van der Waals surface area contributed by atoms with Crippen molar-refractivity contribution in [1.29, 1.82) is 0 Å². The van der Waals surface area contributed by atoms with Gasteiger partial charge < -0.3 is 10.6 Å². The predicted molar refractivity (Wildman–Crippen MR) is 86.2 cm³/mol. The van der Waals surface area contributed by atoms with Gasteiger partial charge in [-0.1, -0.05) is 23.7 Å². The maximum atomic E-state index is 12.0. The Kier molecular flexibility index (Phi) is 4.53. The highest BCUT2D eigenvalue weighted by atomic mass is 35.5. The topological polar surface area (TPSA) is 66.9 Å². The highest BCUT2D eigenvalue weighted by Gasteiger charge is 2.21. The Balaban J connectivity index is 1.47. The predicted octanol–water partition coefficient (Wildman–Crippen LogP) is 2.68. The Morgan fingerprint density at radius 3 is 2.59 bits per heavy atom. The monoisotopic (exact) mass is 316 g/mol. The van der Waals surface area contributed by atoms with Crippen molar-refractivity contribution in [3.63, 3.8) is 0 Å². The van der Waals surface area contributed by atoms with Crippen LogP contribution in [0, 0.1) is 0 Å². The highest BCUT2D eigenvalue weighted by Crippen LogP contribution is 2.23. The van der Waals surface area contributed by atoms with E-state index in [0.717, 1.165) is 17.8 Å². The van der Waals surface area contributed by atoms with Crippen molar-refractivity contribution in [1.82, 2.24) is 15.3 Å². The van der Waals surface area contributed by atoms with Crippen molar-refractivity contribution in [3.8, 4) is 0 Å². The minimum atomic E-state index is -0.209. The zero-order valence-electron chi connectivity index (χ0n) is 12.1. The fourth-order valence-electron chi connectivity index (χ4n) is 2.02. The van der Waals surface area contributed by atoms with Crippen molar-refractivity contribution in [2.75, 3.05) is 11.9 Å². The van der Waals surface area contributed by atoms with Crippen molar-refractivity contribution in [2.24, 2.45) is 0 Å². The van der Waals surface area contributed by atoms with Gasteiger partial charge >= 0.3 is 0 Å². The van der Waals surface area contributed by atoms with Gasteiger partial charge in [-0.2, -0.15) is 0 Å². The smallest absolute Gasteiger partial charge is 0.271 e. The zero-order valence-corrected chi connectivity index (χ0v) is 12.8. The van der Waals surface area contributed by atoms with Gasteiger partial charge in [0.05, 0.1) is 12.4 Å². The normalized spacial score (nSPS) is 13.7. The van der Waals surface area contributed by atoms with Crippen LogP contribution in [-0.2, 0) is 6.42 Å². The van der Waals surface area contributed by atoms with Gasteiger partial charge in [-0.25, -0.2) is 9.97 Å². The first-order valence-corrected chi connectivity index (χ1v) is 7.70. The molecular formula is C16H17ClN4O. The van der Waals surface area contributed by atoms with E-state index in [0.29, 0.717) is 23.3 Å². The Bertz CT molecular complexity index is 638. The lowest BCUT2D eigenvalue weighted by atomic mass is 10.1. The summed E-state index contributed by atoms with van der Waals surface area (Å²) in [6, 6.07) is 8.11. The second kappa shape index (κ2) is 6.75. The maximum Gasteiger partial charge on any atom is 0.271 e. The van der Waals surface area contributed by atoms with E-state index in [4.69, 9.17) is 11.6 Å². The molecule has 1 aromatic carbocycles. The van der Waals surface area contributed by atoms with Crippen LogP contribution in [0.25, 0.3) is 0 Å². The lowest BCUT2D eigenvalue weighted by Gasteiger charge is -2.06. The van der Waals surface area contributed by atoms with E-state index in [9.17, 15) is 4.79 Å². The molecule has 1 aliphatic rings. The molecule has 1 aromatic heterocycles. The molecule has 2 aromatic rings. The molecule has 0 unspecified atom stereocenters. The van der Waals surface area contributed by atoms with Gasteiger partial charge in [-0.3, -0.25) is 4.79 Å². The molecule has 3 rings (SSSR count). The summed E-state index contributed by atoms with van der Waals surface area (Å²) in [4.78, 5) is 20.3. The molecule has 1 aliphatic carbocycles. The first kappa shape index (κ1) is 14.8. The summed E-state index contributed by atoms with van der Waals surface area (Å²) in [6.07, 6.45) is 6.20. The van der Waals surface area contributed by atoms with Crippen LogP contribution in [0.15, 0.2) is 36.7 Å². The SMILES string of the molecule is O=C(NCCc1ccc(Cl)cc1)c1cnc(NC2CC2)cn1. The van der Waals surface area contributed by atoms with E-state index < -0.39 is 0 Å². The van der Waals surface area contributed by atoms with Crippen LogP contribution >= 0.6 is 11.6 Å². The molecule has 114 valence electrons. The van der Waals surface area contributed by atoms with Crippen LogP contribution in [0.2, 0.25) is 5.02 Å². The maximum absolute atomic E-state index is 12.0. The minimum absolute atomic E-state index is 0.209. The minimum Gasteiger partial charge on any atom is -0.366 e. The molecule has 1 fully saturated rings. The number of carbonyl (C=O) groups is 1. The van der Waals surface area contributed by atoms with Crippen LogP contribution in [0.1, 0.15) is 28.9 Å². The van der Waals surface area contributed by atoms with Gasteiger partial charge in [0.1, 0.15) is 11.5 Å². The standard InChI is InChI=1S/C16H17ClN4O/c17-12-3-1-11(2-4-12)7-8-18-16(22)14-9-20-15(10-19-14)21-13-5-6-13/h1-4,9-10,13H,5-8H2,(H,18,22)(H,20,21). The number of hydrogen-bond acceptors (Lipinski definition) is 4. The molecule has 0 saturated heterocycles. The van der Waals surface area contributed by atoms with Crippen LogP contribution in [0.4, 0.5) is 5.82 Å². The van der Waals surface area contributed by atoms with Gasteiger partial charge in [-0.15, -0.1) is 0 Å². The summed E-state index contributed by atoms with van der Waals surface area (Å²) in [5, 5.41) is 6.79. The molecule has 0 bridgehead atoms. The number of hydrogen-bond donors (Lipinski definition) is 2. The number of carbonyl (C=O) groups excluding carboxylic acids is 1. The number of aromatic nitrogens is 2. The van der Waals surface area contributed by atoms with Gasteiger partial charge in [0.15, 0.2) is 0 Å². The Labute approximate surface area is 134 Å². The van der Waals surface area contributed by atoms with Crippen molar-refractivity contribution < 1.29 is 4.79 Å². The first-order valence-electron chi connectivity index (χ1n) is 7.32. The lowest BCUT2D eigenvalue weighted by molar-refractivity contribution is 0.0949. The van der Waals surface area contributed by atoms with Gasteiger partial charge in [0, 0.05) is 17.6 Å². The van der Waals surface area contributed by atoms with Crippen LogP contribution in [0.3, 0.4) is 0 Å². The number of amides is 1. The highest BCUT2D eigenvalue weighted by molar-refractivity contribution is 6.30. The van der Waals surface area contributed by atoms with Gasteiger partial charge in [0.25, 0.3) is 5.91 Å². The quantitative estimate of drug-likeness (QED) is 0.860. The molecule has 0 aliphatic heterocycles. The number of nitrogens with zero attached hydrogens (tertiary/aromatic N) is 2. The summed E-state index contributed by atoms with van der Waals surface area (Å²) in [5.41, 5.74) is 1.46. The number of benzene rings is 1. The summed E-state index contributed by atoms with van der Waals surface area (Å²) >= 11 is 5.83. The third-order valence-electron chi connectivity index (χ3n) is 3.43. The number of halogens is 1. The summed E-state index contributed by atoms with van der Waals surface area (Å²) in [6.45, 7) is 0.546. The van der Waals surface area contributed by atoms with E-state index in [2.05, 4.69) is 20.6 Å². The van der Waals surface area contributed by atoms with E-state index in [1.165, 1.54) is 19.0 Å². The Morgan fingerprint density at radius 1 is 1.18 bits per heavy atom. The molecule has 1 heterocycles. The largest absolute Gasteiger partial charge is 0.366 e. The Morgan fingerprint density at radius 2 is 1.95 bits per heavy atom. The summed E-state index contributed by atoms with van der Waals surface area (Å²) < 4.78 is 0. The number of rotatable bonds is 6. The lowest BCUT2D eigenvalue weighted by Crippen LogP contribution is -2.26. The van der Waals surface area contributed by atoms with Gasteiger partial charge in [0.2, 0.25) is 0 Å². The fourth-order valence-corrected chi connectivity index (χ4v) is 2.14. The van der Waals surface area contributed by atoms with E-state index in [1.54, 1.807) is 6.20 Å². The molecule has 0 radical (unpaired) electrons. The molecule has 1 amide bonds. The average molecular weight is 317 g/mol. The van der Waals surface area contributed by atoms with E-state index >= 15 is 0 Å². The van der Waals surface area contributed by atoms with Crippen LogP contribution in [0.5, 0.6) is 0 Å². The summed E-state index contributed by atoms with van der Waals surface area (Å²) in [5.74, 6) is 0.514. The molecule has 22 heavy (non-hydrogen) atoms. The molecule has 5 nitrogen and oxygen atoms in total. The van der Waals surface area contributed by atoms with Crippen LogP contribution in [-0.4, -0.2) is 28.5 Å². The van der Waals surface area contributed by atoms with Gasteiger partial charge in [-0.05, 0) is 37.0 Å². The molecule has 6 heteroatoms. The first-order chi connectivity index (χ1) is 10.7. The third kappa shape index (κ3) is 4.18. The average Bonchev–Trinajstić information content (AvgIpc) is 3.34. The van der Waals surface area contributed by atoms with E-state index in [-0.39, 0.29) is 5.91 Å². The second-order valence-electron chi connectivity index (χ2n) is 5.34. The Hall–Kier alpha value is -2.14. The number of anilines is 1. The van der Waals surface area contributed by atoms with Crippen molar-refractivity contribution in [2.45, 2.75) is 25.3 Å². The summed E-state index contributed by atoms with van der Waals surface area (Å²) in [7, 11) is 0. The zero-order chi connectivity index (χ0) is 15.4. The molecule has 0 atom stereocenters. The molecule has 0 spiro atoms. The number of nitrogens with one attached hydrogen (secondary N) is 2. The third-order valence-corrected chi connectivity index (χ3v) is 3.68. The second-order valence-corrected chi connectivity index (χ2v) is 5.77. The molecule has 1 saturated carbocycles. The van der Waals surface area contributed by atoms with E-state index in [1.807, 2.05) is 24.3 Å². The van der Waals surface area contributed by atoms with Crippen LogP contribution < -0.4 is 10.6 Å². The fraction of sp³-hybridized carbons (Fsp3) is 0.312. The molecule has 2 N–H and O–H groups in total. The molecular weight excluding hydrogens is 300 g/mol. The van der Waals surface area contributed by atoms with Crippen molar-refractivity contribution in [3.05, 3.63) is 52.9 Å².